The van der Waals surface area contributed by atoms with Crippen LogP contribution in [0.2, 0.25) is 0 Å². The molecule has 0 fully saturated rings. The summed E-state index contributed by atoms with van der Waals surface area (Å²) in [4.78, 5) is 33.9. The quantitative estimate of drug-likeness (QED) is 0.183. The van der Waals surface area contributed by atoms with Crippen molar-refractivity contribution in [1.82, 2.24) is 0 Å². The van der Waals surface area contributed by atoms with Crippen LogP contribution in [0.4, 0.5) is 0 Å². The molecule has 0 aliphatic carbocycles. The van der Waals surface area contributed by atoms with E-state index < -0.39 is 30.1 Å². The molecule has 6 nitrogen and oxygen atoms in total. The fourth-order valence-corrected chi connectivity index (χ4v) is 3.26. The van der Waals surface area contributed by atoms with E-state index in [1.165, 1.54) is 90.9 Å². The molecule has 0 amide bonds. The number of unbranched alkanes of at least 4 members (excludes halogenated alkanes) is 14. The third kappa shape index (κ3) is 21.8. The molecule has 2 unspecified atom stereocenters. The second-order valence-electron chi connectivity index (χ2n) is 8.23. The van der Waals surface area contributed by atoms with Gasteiger partial charge in [-0.05, 0) is 20.3 Å². The van der Waals surface area contributed by atoms with Gasteiger partial charge in [0.15, 0.2) is 6.10 Å². The molecule has 0 aromatic heterocycles. The molecule has 0 aromatic carbocycles. The minimum Gasteiger partial charge on any atom is -0.546 e. The summed E-state index contributed by atoms with van der Waals surface area (Å²) in [5.41, 5.74) is 0. The van der Waals surface area contributed by atoms with E-state index in [0.717, 1.165) is 19.3 Å². The van der Waals surface area contributed by atoms with Gasteiger partial charge in [-0.1, -0.05) is 96.8 Å². The molecule has 0 spiro atoms. The molecule has 176 valence electrons. The molecule has 0 aliphatic rings. The number of aliphatic carboxylic acids is 1. The summed E-state index contributed by atoms with van der Waals surface area (Å²) in [6.07, 6.45) is 16.6. The van der Waals surface area contributed by atoms with E-state index >= 15 is 0 Å². The average molecular weight is 513 g/mol. The summed E-state index contributed by atoms with van der Waals surface area (Å²) in [6.45, 7) is 4.81. The van der Waals surface area contributed by atoms with Gasteiger partial charge in [-0.25, -0.2) is 4.79 Å². The van der Waals surface area contributed by atoms with Crippen LogP contribution >= 0.6 is 0 Å². The SMILES string of the molecule is CCCCCCCCCCCCCCCCCC(=O)OC(C)C(=O)OC(C)C(=O)[O-].[Rb+]. The maximum Gasteiger partial charge on any atom is 1.00 e. The molecule has 0 bridgehead atoms. The first-order valence-corrected chi connectivity index (χ1v) is 12.0. The number of carbonyl (C=O) groups excluding carboxylic acids is 3. The zero-order chi connectivity index (χ0) is 22.6. The van der Waals surface area contributed by atoms with Crippen LogP contribution in [0.5, 0.6) is 0 Å². The van der Waals surface area contributed by atoms with Crippen LogP contribution in [-0.2, 0) is 23.9 Å². The Morgan fingerprint density at radius 2 is 1.03 bits per heavy atom. The largest absolute Gasteiger partial charge is 1.00 e. The van der Waals surface area contributed by atoms with E-state index in [0.29, 0.717) is 0 Å². The van der Waals surface area contributed by atoms with Crippen LogP contribution in [0.3, 0.4) is 0 Å². The van der Waals surface area contributed by atoms with E-state index in [-0.39, 0.29) is 64.6 Å². The van der Waals surface area contributed by atoms with Gasteiger partial charge in [0, 0.05) is 6.42 Å². The summed E-state index contributed by atoms with van der Waals surface area (Å²) >= 11 is 0. The second-order valence-corrected chi connectivity index (χ2v) is 8.23. The number of hydrogen-bond donors (Lipinski definition) is 0. The Labute approximate surface area is 238 Å². The Morgan fingerprint density at radius 1 is 0.645 bits per heavy atom. The molecule has 0 aliphatic heterocycles. The average Bonchev–Trinajstić information content (AvgIpc) is 2.70. The van der Waals surface area contributed by atoms with Crippen molar-refractivity contribution in [2.24, 2.45) is 0 Å². The first kappa shape index (κ1) is 33.4. The van der Waals surface area contributed by atoms with E-state index in [2.05, 4.69) is 11.7 Å². The first-order valence-electron chi connectivity index (χ1n) is 12.0. The van der Waals surface area contributed by atoms with Gasteiger partial charge < -0.3 is 19.4 Å². The molecule has 0 aromatic rings. The van der Waals surface area contributed by atoms with E-state index in [4.69, 9.17) is 4.74 Å². The molecule has 0 saturated carbocycles. The monoisotopic (exact) mass is 512 g/mol. The Bertz CT molecular complexity index is 469. The Morgan fingerprint density at radius 3 is 1.42 bits per heavy atom. The van der Waals surface area contributed by atoms with E-state index in [1.54, 1.807) is 0 Å². The molecule has 0 N–H and O–H groups in total. The number of carboxylic acid groups (broad SMARTS) is 1. The van der Waals surface area contributed by atoms with E-state index in [9.17, 15) is 19.5 Å². The Hall–Kier alpha value is 0.215. The second kappa shape index (κ2) is 23.4. The topological polar surface area (TPSA) is 92.7 Å². The minimum absolute atomic E-state index is 0. The fourth-order valence-electron chi connectivity index (χ4n) is 3.26. The van der Waals surface area contributed by atoms with Gasteiger partial charge in [0.1, 0.15) is 6.10 Å². The van der Waals surface area contributed by atoms with Crippen molar-refractivity contribution < 1.29 is 87.2 Å². The molecule has 31 heavy (non-hydrogen) atoms. The summed E-state index contributed by atoms with van der Waals surface area (Å²) in [5.74, 6) is -2.83. The predicted octanol–water partition coefficient (Wildman–Crippen LogP) is 1.87. The maximum absolute atomic E-state index is 11.8. The zero-order valence-electron chi connectivity index (χ0n) is 20.4. The number of carbonyl (C=O) groups is 3. The number of esters is 2. The smallest absolute Gasteiger partial charge is 0.546 e. The van der Waals surface area contributed by atoms with Gasteiger partial charge in [0.25, 0.3) is 0 Å². The van der Waals surface area contributed by atoms with Gasteiger partial charge in [-0.2, -0.15) is 0 Å². The van der Waals surface area contributed by atoms with Crippen molar-refractivity contribution in [3.05, 3.63) is 0 Å². The first-order chi connectivity index (χ1) is 14.4. The zero-order valence-corrected chi connectivity index (χ0v) is 25.3. The Kier molecular flexibility index (Phi) is 25.2. The molecule has 0 radical (unpaired) electrons. The fraction of sp³-hybridized carbons (Fsp3) is 0.875. The van der Waals surface area contributed by atoms with Crippen LogP contribution in [-0.4, -0.2) is 30.1 Å². The van der Waals surface area contributed by atoms with Crippen molar-refractivity contribution in [3.63, 3.8) is 0 Å². The van der Waals surface area contributed by atoms with Crippen molar-refractivity contribution >= 4 is 17.9 Å². The summed E-state index contributed by atoms with van der Waals surface area (Å²) in [7, 11) is 0. The molecule has 2 atom stereocenters. The summed E-state index contributed by atoms with van der Waals surface area (Å²) < 4.78 is 9.61. The predicted molar refractivity (Wildman–Crippen MR) is 116 cm³/mol. The summed E-state index contributed by atoms with van der Waals surface area (Å²) in [6, 6.07) is 0. The molecular formula is C24H43O6Rb. The number of carboxylic acids is 1. The normalized spacial score (nSPS) is 12.5. The van der Waals surface area contributed by atoms with Crippen molar-refractivity contribution in [2.75, 3.05) is 0 Å². The minimum atomic E-state index is -1.49. The van der Waals surface area contributed by atoms with Crippen LogP contribution in [0.1, 0.15) is 124 Å². The summed E-state index contributed by atoms with van der Waals surface area (Å²) in [5, 5.41) is 10.6. The van der Waals surface area contributed by atoms with Gasteiger partial charge in [0.2, 0.25) is 0 Å². The third-order valence-corrected chi connectivity index (χ3v) is 5.25. The molecule has 0 saturated heterocycles. The number of ether oxygens (including phenoxy) is 2. The van der Waals surface area contributed by atoms with Crippen LogP contribution < -0.4 is 63.3 Å². The van der Waals surface area contributed by atoms with Crippen molar-refractivity contribution in [1.29, 1.82) is 0 Å². The van der Waals surface area contributed by atoms with Crippen molar-refractivity contribution in [2.45, 2.75) is 136 Å². The Balaban J connectivity index is 0. The molecule has 7 heteroatoms. The van der Waals surface area contributed by atoms with Gasteiger partial charge in [-0.3, -0.25) is 4.79 Å². The van der Waals surface area contributed by atoms with Gasteiger partial charge in [-0.15, -0.1) is 0 Å². The molecular weight excluding hydrogens is 470 g/mol. The van der Waals surface area contributed by atoms with Crippen LogP contribution in [0, 0.1) is 0 Å². The van der Waals surface area contributed by atoms with Gasteiger partial charge >= 0.3 is 70.1 Å². The molecule has 0 heterocycles. The van der Waals surface area contributed by atoms with Crippen LogP contribution in [0.25, 0.3) is 0 Å². The standard InChI is InChI=1S/C24H44O6.Rb/c1-4-5-6-7-8-9-10-11-12-13-14-15-16-17-18-19-22(25)29-21(3)24(28)30-20(2)23(26)27;/h20-21H,4-19H2,1-3H3,(H,26,27);/q;+1/p-1. The third-order valence-electron chi connectivity index (χ3n) is 5.25. The van der Waals surface area contributed by atoms with Crippen molar-refractivity contribution in [3.8, 4) is 0 Å². The number of rotatable bonds is 20. The maximum atomic E-state index is 11.8. The molecule has 0 rings (SSSR count). The van der Waals surface area contributed by atoms with Gasteiger partial charge in [0.05, 0.1) is 5.97 Å². The number of hydrogen-bond acceptors (Lipinski definition) is 6. The van der Waals surface area contributed by atoms with Crippen LogP contribution in [0.15, 0.2) is 0 Å². The van der Waals surface area contributed by atoms with E-state index in [1.807, 2.05) is 0 Å².